The molecule has 10 unspecified atom stereocenters. The van der Waals surface area contributed by atoms with Gasteiger partial charge in [0.05, 0.1) is 35.5 Å². The van der Waals surface area contributed by atoms with Crippen LogP contribution in [0.25, 0.3) is 0 Å². The van der Waals surface area contributed by atoms with Crippen molar-refractivity contribution in [2.24, 2.45) is 0 Å². The number of aliphatic hydroxyl groups is 3. The number of hydrogen-bond donors (Lipinski definition) is 6. The number of ketones is 4. The Morgan fingerprint density at radius 2 is 1.71 bits per heavy atom. The molecule has 2 fully saturated rings. The lowest BCUT2D eigenvalue weighted by Gasteiger charge is -2.46. The first kappa shape index (κ1) is 35.2. The van der Waals surface area contributed by atoms with Crippen LogP contribution in [0, 0.1) is 0 Å². The second kappa shape index (κ2) is 12.9. The first-order valence-electron chi connectivity index (χ1n) is 16.3. The maximum Gasteiger partial charge on any atom is 0.199 e. The number of aromatic hydroxyl groups is 2. The summed E-state index contributed by atoms with van der Waals surface area (Å²) >= 11 is 0. The van der Waals surface area contributed by atoms with Crippen LogP contribution in [0.4, 0.5) is 0 Å². The normalized spacial score (nSPS) is 33.3. The molecule has 14 heteroatoms. The van der Waals surface area contributed by atoms with Crippen molar-refractivity contribution in [2.45, 2.75) is 121 Å². The molecule has 0 bridgehead atoms. The van der Waals surface area contributed by atoms with E-state index in [-0.39, 0.29) is 40.7 Å². The van der Waals surface area contributed by atoms with Gasteiger partial charge in [-0.1, -0.05) is 18.2 Å². The number of phenolic OH excluding ortho intramolecular Hbond substituents is 2. The molecule has 0 spiro atoms. The van der Waals surface area contributed by atoms with E-state index in [1.165, 1.54) is 32.0 Å². The van der Waals surface area contributed by atoms with Gasteiger partial charge in [-0.05, 0) is 34.6 Å². The Balaban J connectivity index is 1.40. The second-order valence-electron chi connectivity index (χ2n) is 13.6. The Morgan fingerprint density at radius 3 is 2.37 bits per heavy atom. The van der Waals surface area contributed by atoms with Crippen molar-refractivity contribution in [3.63, 3.8) is 0 Å². The molecule has 4 aliphatic rings. The topological polar surface area (TPSA) is 218 Å². The molecule has 264 valence electrons. The van der Waals surface area contributed by atoms with E-state index in [0.717, 1.165) is 0 Å². The van der Waals surface area contributed by atoms with Gasteiger partial charge in [-0.25, -0.2) is 0 Å². The lowest BCUT2D eigenvalue weighted by Crippen LogP contribution is -2.62. The number of fused-ring (bicyclic) bond motifs is 4. The van der Waals surface area contributed by atoms with E-state index in [1.54, 1.807) is 20.8 Å². The van der Waals surface area contributed by atoms with Gasteiger partial charge in [-0.15, -0.1) is 0 Å². The Kier molecular flexibility index (Phi) is 9.30. The summed E-state index contributed by atoms with van der Waals surface area (Å²) in [5.74, 6) is -4.17. The standard InChI is InChI=1S/C35H41NO13/c1-13(37)9-23-47-16(4)34(44)36-21-10-24(46-15(3)33(21)49-23)48-22-12-35(45,17(5)39)11-20-26(22)32(43)28-27(30(20)41)29(40)19-8-6-7-18(14(2)38)25(19)31(28)42/h6-8,13,15-16,21-24,33-34,36-37,41,43-45H,9-12H2,1-5H3. The van der Waals surface area contributed by atoms with Crippen LogP contribution in [0.2, 0.25) is 0 Å². The molecule has 14 nitrogen and oxygen atoms in total. The van der Waals surface area contributed by atoms with Crippen LogP contribution in [0.15, 0.2) is 18.2 Å². The van der Waals surface area contributed by atoms with E-state index in [0.29, 0.717) is 0 Å². The predicted octanol–water partition coefficient (Wildman–Crippen LogP) is 1.71. The number of ether oxygens (including phenoxy) is 4. The van der Waals surface area contributed by atoms with E-state index in [2.05, 4.69) is 5.32 Å². The van der Waals surface area contributed by atoms with Crippen LogP contribution < -0.4 is 5.32 Å². The molecule has 10 atom stereocenters. The summed E-state index contributed by atoms with van der Waals surface area (Å²) in [5.41, 5.74) is -3.71. The minimum Gasteiger partial charge on any atom is -0.507 e. The molecule has 2 heterocycles. The first-order chi connectivity index (χ1) is 23.0. The fraction of sp³-hybridized carbons (Fsp3) is 0.543. The fourth-order valence-electron chi connectivity index (χ4n) is 7.40. The highest BCUT2D eigenvalue weighted by Crippen LogP contribution is 2.52. The predicted molar refractivity (Wildman–Crippen MR) is 168 cm³/mol. The number of hydrogen-bond acceptors (Lipinski definition) is 14. The second-order valence-corrected chi connectivity index (χ2v) is 13.6. The van der Waals surface area contributed by atoms with Crippen LogP contribution in [-0.2, 0) is 30.2 Å². The first-order valence-corrected chi connectivity index (χ1v) is 16.3. The van der Waals surface area contributed by atoms with Crippen molar-refractivity contribution < 1.29 is 63.7 Å². The highest BCUT2D eigenvalue weighted by atomic mass is 16.7. The van der Waals surface area contributed by atoms with Crippen molar-refractivity contribution in [1.82, 2.24) is 5.32 Å². The van der Waals surface area contributed by atoms with Crippen LogP contribution >= 0.6 is 0 Å². The van der Waals surface area contributed by atoms with E-state index >= 15 is 0 Å². The smallest absolute Gasteiger partial charge is 0.199 e. The number of carbonyl (C=O) groups excluding carboxylic acids is 4. The van der Waals surface area contributed by atoms with E-state index < -0.39 is 120 Å². The molecule has 0 aromatic heterocycles. The zero-order chi connectivity index (χ0) is 35.7. The average Bonchev–Trinajstić information content (AvgIpc) is 3.01. The molecule has 6 N–H and O–H groups in total. The summed E-state index contributed by atoms with van der Waals surface area (Å²) in [5, 5.41) is 58.7. The maximum absolute atomic E-state index is 14.0. The molecule has 0 radical (unpaired) electrons. The lowest BCUT2D eigenvalue weighted by molar-refractivity contribution is -0.304. The molecule has 0 amide bonds. The van der Waals surface area contributed by atoms with Crippen LogP contribution in [0.1, 0.15) is 113 Å². The summed E-state index contributed by atoms with van der Waals surface area (Å²) in [6.45, 7) is 7.35. The number of benzene rings is 2. The zero-order valence-electron chi connectivity index (χ0n) is 27.8. The minimum atomic E-state index is -2.08. The highest BCUT2D eigenvalue weighted by Gasteiger charge is 2.50. The van der Waals surface area contributed by atoms with Gasteiger partial charge >= 0.3 is 0 Å². The van der Waals surface area contributed by atoms with Crippen molar-refractivity contribution in [2.75, 3.05) is 0 Å². The van der Waals surface area contributed by atoms with E-state index in [9.17, 15) is 44.7 Å². The highest BCUT2D eigenvalue weighted by molar-refractivity contribution is 6.32. The number of phenols is 2. The Labute approximate surface area is 281 Å². The number of carbonyl (C=O) groups is 4. The van der Waals surface area contributed by atoms with Gasteiger partial charge < -0.3 is 44.5 Å². The van der Waals surface area contributed by atoms with Crippen LogP contribution in [0.5, 0.6) is 11.5 Å². The van der Waals surface area contributed by atoms with Gasteiger partial charge in [0.1, 0.15) is 29.4 Å². The summed E-state index contributed by atoms with van der Waals surface area (Å²) < 4.78 is 24.5. The molecular formula is C35H41NO13. The number of aliphatic hydroxyl groups excluding tert-OH is 2. The number of Topliss-reactive ketones (excluding diaryl/α,β-unsaturated/α-hetero) is 2. The Bertz CT molecular complexity index is 1720. The average molecular weight is 684 g/mol. The van der Waals surface area contributed by atoms with Gasteiger partial charge in [0.2, 0.25) is 0 Å². The molecule has 6 rings (SSSR count). The fourth-order valence-corrected chi connectivity index (χ4v) is 7.40. The maximum atomic E-state index is 14.0. The van der Waals surface area contributed by atoms with Gasteiger partial charge in [0, 0.05) is 59.5 Å². The summed E-state index contributed by atoms with van der Waals surface area (Å²) in [6.07, 6.45) is -7.87. The zero-order valence-corrected chi connectivity index (χ0v) is 27.8. The molecule has 49 heavy (non-hydrogen) atoms. The molecule has 2 saturated heterocycles. The molecule has 2 aliphatic carbocycles. The largest absolute Gasteiger partial charge is 0.507 e. The van der Waals surface area contributed by atoms with Crippen molar-refractivity contribution >= 4 is 23.1 Å². The van der Waals surface area contributed by atoms with Crippen LogP contribution in [-0.4, -0.2) is 104 Å². The molecule has 2 aromatic rings. The van der Waals surface area contributed by atoms with Gasteiger partial charge in [-0.2, -0.15) is 0 Å². The third kappa shape index (κ3) is 6.10. The quantitative estimate of drug-likeness (QED) is 0.161. The van der Waals surface area contributed by atoms with E-state index in [1.807, 2.05) is 0 Å². The summed E-state index contributed by atoms with van der Waals surface area (Å²) in [4.78, 5) is 53.0. The monoisotopic (exact) mass is 683 g/mol. The molecule has 2 aliphatic heterocycles. The Hall–Kier alpha value is -3.60. The number of rotatable bonds is 6. The minimum absolute atomic E-state index is 0.0254. The van der Waals surface area contributed by atoms with Gasteiger partial charge in [0.15, 0.2) is 35.7 Å². The SMILES string of the molecule is CC(=O)c1cccc2c1C(=O)c1c(O)c3c(c(O)c1C2=O)CC(O)(C(C)=O)CC3OC1CC2NC(O)C(C)OC(CC(C)O)OC2C(C)O1. The van der Waals surface area contributed by atoms with Crippen molar-refractivity contribution in [3.8, 4) is 11.5 Å². The molecule has 2 aromatic carbocycles. The molecular weight excluding hydrogens is 642 g/mol. The van der Waals surface area contributed by atoms with Gasteiger partial charge in [-0.3, -0.25) is 24.5 Å². The van der Waals surface area contributed by atoms with Crippen molar-refractivity contribution in [3.05, 3.63) is 57.1 Å². The van der Waals surface area contributed by atoms with E-state index in [4.69, 9.17) is 18.9 Å². The summed E-state index contributed by atoms with van der Waals surface area (Å²) in [6, 6.07) is 3.60. The third-order valence-corrected chi connectivity index (χ3v) is 9.96. The summed E-state index contributed by atoms with van der Waals surface area (Å²) in [7, 11) is 0. The molecule has 0 saturated carbocycles. The van der Waals surface area contributed by atoms with Crippen molar-refractivity contribution in [1.29, 1.82) is 0 Å². The van der Waals surface area contributed by atoms with Crippen LogP contribution in [0.3, 0.4) is 0 Å². The number of nitrogens with one attached hydrogen (secondary N) is 1. The lowest BCUT2D eigenvalue weighted by atomic mass is 9.71. The van der Waals surface area contributed by atoms with Gasteiger partial charge in [0.25, 0.3) is 0 Å². The third-order valence-electron chi connectivity index (χ3n) is 9.96. The Morgan fingerprint density at radius 1 is 1.02 bits per heavy atom.